The van der Waals surface area contributed by atoms with Gasteiger partial charge in [-0.1, -0.05) is 0 Å². The SMILES string of the molecule is NCCCCC(=O)N(CC(=O)O)CC(F)(F)F. The highest BCUT2D eigenvalue weighted by molar-refractivity contribution is 5.81. The number of hydrogen-bond acceptors (Lipinski definition) is 3. The maximum atomic E-state index is 12.1. The summed E-state index contributed by atoms with van der Waals surface area (Å²) in [6.45, 7) is -2.15. The molecule has 0 aromatic carbocycles. The van der Waals surface area contributed by atoms with Crippen molar-refractivity contribution < 1.29 is 27.9 Å². The van der Waals surface area contributed by atoms with Crippen molar-refractivity contribution in [2.75, 3.05) is 19.6 Å². The normalized spacial score (nSPS) is 11.3. The first-order chi connectivity index (χ1) is 7.76. The zero-order valence-electron chi connectivity index (χ0n) is 9.16. The smallest absolute Gasteiger partial charge is 0.406 e. The van der Waals surface area contributed by atoms with Crippen LogP contribution in [0, 0.1) is 0 Å². The molecule has 0 saturated heterocycles. The number of carbonyl (C=O) groups is 2. The third-order valence-electron chi connectivity index (χ3n) is 1.89. The number of halogens is 3. The van der Waals surface area contributed by atoms with Crippen LogP contribution in [0.15, 0.2) is 0 Å². The van der Waals surface area contributed by atoms with Gasteiger partial charge in [0.15, 0.2) is 0 Å². The van der Waals surface area contributed by atoms with E-state index in [2.05, 4.69) is 0 Å². The minimum Gasteiger partial charge on any atom is -0.480 e. The molecule has 0 aliphatic heterocycles. The fraction of sp³-hybridized carbons (Fsp3) is 0.778. The molecule has 5 nitrogen and oxygen atoms in total. The van der Waals surface area contributed by atoms with Gasteiger partial charge < -0.3 is 15.7 Å². The predicted octanol–water partition coefficient (Wildman–Crippen LogP) is 0.591. The second-order valence-corrected chi connectivity index (χ2v) is 3.50. The van der Waals surface area contributed by atoms with Crippen LogP contribution >= 0.6 is 0 Å². The van der Waals surface area contributed by atoms with Crippen molar-refractivity contribution in [1.29, 1.82) is 0 Å². The van der Waals surface area contributed by atoms with Crippen molar-refractivity contribution >= 4 is 11.9 Å². The quantitative estimate of drug-likeness (QED) is 0.653. The van der Waals surface area contributed by atoms with Gasteiger partial charge in [0.25, 0.3) is 0 Å². The number of carbonyl (C=O) groups excluding carboxylic acids is 1. The number of carboxylic acid groups (broad SMARTS) is 1. The number of hydrogen-bond donors (Lipinski definition) is 2. The van der Waals surface area contributed by atoms with E-state index in [1.165, 1.54) is 0 Å². The summed E-state index contributed by atoms with van der Waals surface area (Å²) in [4.78, 5) is 22.0. The fourth-order valence-electron chi connectivity index (χ4n) is 1.19. The standard InChI is InChI=1S/C9H15F3N2O3/c10-9(11,12)6-14(5-8(16)17)7(15)3-1-2-4-13/h1-6,13H2,(H,16,17). The van der Waals surface area contributed by atoms with Gasteiger partial charge in [-0.2, -0.15) is 13.2 Å². The van der Waals surface area contributed by atoms with Crippen molar-refractivity contribution in [3.63, 3.8) is 0 Å². The molecule has 0 radical (unpaired) electrons. The van der Waals surface area contributed by atoms with Crippen molar-refractivity contribution in [1.82, 2.24) is 4.90 Å². The summed E-state index contributed by atoms with van der Waals surface area (Å²) in [5, 5.41) is 8.42. The molecule has 0 aliphatic carbocycles. The van der Waals surface area contributed by atoms with Crippen LogP contribution in [0.25, 0.3) is 0 Å². The molecule has 0 heterocycles. The maximum Gasteiger partial charge on any atom is 0.406 e. The lowest BCUT2D eigenvalue weighted by Gasteiger charge is -2.22. The van der Waals surface area contributed by atoms with Crippen LogP contribution in [0.4, 0.5) is 13.2 Å². The number of nitrogens with zero attached hydrogens (tertiary/aromatic N) is 1. The summed E-state index contributed by atoms with van der Waals surface area (Å²) >= 11 is 0. The Bertz CT molecular complexity index is 269. The summed E-state index contributed by atoms with van der Waals surface area (Å²) in [6, 6.07) is 0. The third kappa shape index (κ3) is 8.49. The van der Waals surface area contributed by atoms with Crippen LogP contribution in [0.2, 0.25) is 0 Å². The molecule has 0 fully saturated rings. The van der Waals surface area contributed by atoms with E-state index in [0.29, 0.717) is 24.3 Å². The lowest BCUT2D eigenvalue weighted by molar-refractivity contribution is -0.165. The van der Waals surface area contributed by atoms with Gasteiger partial charge in [0, 0.05) is 6.42 Å². The summed E-state index contributed by atoms with van der Waals surface area (Å²) in [5.41, 5.74) is 5.17. The van der Waals surface area contributed by atoms with Crippen molar-refractivity contribution in [3.8, 4) is 0 Å². The van der Waals surface area contributed by atoms with Gasteiger partial charge >= 0.3 is 12.1 Å². The molecule has 0 spiro atoms. The van der Waals surface area contributed by atoms with Crippen LogP contribution in [-0.2, 0) is 9.59 Å². The van der Waals surface area contributed by atoms with Gasteiger partial charge in [-0.3, -0.25) is 9.59 Å². The predicted molar refractivity (Wildman–Crippen MR) is 53.2 cm³/mol. The van der Waals surface area contributed by atoms with E-state index in [0.717, 1.165) is 0 Å². The first-order valence-electron chi connectivity index (χ1n) is 5.02. The first kappa shape index (κ1) is 15.7. The Labute approximate surface area is 96.4 Å². The highest BCUT2D eigenvalue weighted by Gasteiger charge is 2.33. The number of aliphatic carboxylic acids is 1. The summed E-state index contributed by atoms with van der Waals surface area (Å²) < 4.78 is 36.3. The highest BCUT2D eigenvalue weighted by Crippen LogP contribution is 2.17. The summed E-state index contributed by atoms with van der Waals surface area (Å²) in [7, 11) is 0. The van der Waals surface area contributed by atoms with Crippen LogP contribution in [0.1, 0.15) is 19.3 Å². The molecule has 0 aromatic heterocycles. The third-order valence-corrected chi connectivity index (χ3v) is 1.89. The maximum absolute atomic E-state index is 12.1. The van der Waals surface area contributed by atoms with Crippen molar-refractivity contribution in [3.05, 3.63) is 0 Å². The zero-order valence-corrected chi connectivity index (χ0v) is 9.16. The molecular weight excluding hydrogens is 241 g/mol. The molecule has 0 aliphatic rings. The molecule has 0 bridgehead atoms. The van der Waals surface area contributed by atoms with Gasteiger partial charge in [-0.05, 0) is 19.4 Å². The van der Waals surface area contributed by atoms with Gasteiger partial charge in [0.1, 0.15) is 13.1 Å². The first-order valence-corrected chi connectivity index (χ1v) is 5.02. The van der Waals surface area contributed by atoms with Gasteiger partial charge in [-0.15, -0.1) is 0 Å². The molecule has 1 amide bonds. The molecular formula is C9H15F3N2O3. The van der Waals surface area contributed by atoms with Gasteiger partial charge in [-0.25, -0.2) is 0 Å². The van der Waals surface area contributed by atoms with E-state index in [-0.39, 0.29) is 6.42 Å². The number of nitrogens with two attached hydrogens (primary N) is 1. The lowest BCUT2D eigenvalue weighted by atomic mass is 10.2. The van der Waals surface area contributed by atoms with E-state index in [4.69, 9.17) is 10.8 Å². The van der Waals surface area contributed by atoms with Crippen molar-refractivity contribution in [2.24, 2.45) is 5.73 Å². The monoisotopic (exact) mass is 256 g/mol. The average molecular weight is 256 g/mol. The topological polar surface area (TPSA) is 83.6 Å². The van der Waals surface area contributed by atoms with Crippen molar-refractivity contribution in [2.45, 2.75) is 25.4 Å². The molecule has 3 N–H and O–H groups in total. The lowest BCUT2D eigenvalue weighted by Crippen LogP contribution is -2.41. The van der Waals surface area contributed by atoms with Crippen LogP contribution in [0.5, 0.6) is 0 Å². The molecule has 0 saturated carbocycles. The minimum absolute atomic E-state index is 0.124. The van der Waals surface area contributed by atoms with Gasteiger partial charge in [0.2, 0.25) is 5.91 Å². The van der Waals surface area contributed by atoms with E-state index in [9.17, 15) is 22.8 Å². The number of carboxylic acids is 1. The number of unbranched alkanes of at least 4 members (excludes halogenated alkanes) is 1. The van der Waals surface area contributed by atoms with E-state index in [1.807, 2.05) is 0 Å². The average Bonchev–Trinajstić information content (AvgIpc) is 2.14. The largest absolute Gasteiger partial charge is 0.480 e. The zero-order chi connectivity index (χ0) is 13.5. The Kier molecular flexibility index (Phi) is 6.55. The van der Waals surface area contributed by atoms with E-state index >= 15 is 0 Å². The fourth-order valence-corrected chi connectivity index (χ4v) is 1.19. The number of amides is 1. The Hall–Kier alpha value is -1.31. The highest BCUT2D eigenvalue weighted by atomic mass is 19.4. The molecule has 17 heavy (non-hydrogen) atoms. The second kappa shape index (κ2) is 7.10. The second-order valence-electron chi connectivity index (χ2n) is 3.50. The number of alkyl halides is 3. The van der Waals surface area contributed by atoms with Crippen LogP contribution in [0.3, 0.4) is 0 Å². The number of rotatable bonds is 7. The Morgan fingerprint density at radius 2 is 1.82 bits per heavy atom. The van der Waals surface area contributed by atoms with Crippen LogP contribution < -0.4 is 5.73 Å². The molecule has 8 heteroatoms. The Balaban J connectivity index is 4.35. The van der Waals surface area contributed by atoms with Gasteiger partial charge in [0.05, 0.1) is 0 Å². The molecule has 0 atom stereocenters. The minimum atomic E-state index is -4.60. The molecule has 0 rings (SSSR count). The molecule has 0 aromatic rings. The molecule has 0 unspecified atom stereocenters. The molecule has 100 valence electrons. The van der Waals surface area contributed by atoms with E-state index < -0.39 is 31.1 Å². The van der Waals surface area contributed by atoms with Crippen LogP contribution in [-0.4, -0.2) is 47.7 Å². The van der Waals surface area contributed by atoms with E-state index in [1.54, 1.807) is 0 Å². The Morgan fingerprint density at radius 1 is 1.24 bits per heavy atom. The summed E-state index contributed by atoms with van der Waals surface area (Å²) in [5.74, 6) is -2.29. The Morgan fingerprint density at radius 3 is 2.24 bits per heavy atom. The summed E-state index contributed by atoms with van der Waals surface area (Å²) in [6.07, 6.45) is -3.86.